The Kier molecular flexibility index (Phi) is 12.1. The molecule has 0 atom stereocenters. The van der Waals surface area contributed by atoms with Crippen LogP contribution in [0, 0.1) is 0 Å². The predicted molar refractivity (Wildman–Crippen MR) is 71.5 cm³/mol. The van der Waals surface area contributed by atoms with E-state index >= 15 is 0 Å². The smallest absolute Gasteiger partial charge is 0.0141 e. The molecule has 0 spiro atoms. The van der Waals surface area contributed by atoms with Crippen molar-refractivity contribution in [3.8, 4) is 0 Å². The van der Waals surface area contributed by atoms with Gasteiger partial charge in [0.25, 0.3) is 0 Å². The first-order valence-corrected chi connectivity index (χ1v) is 7.03. The summed E-state index contributed by atoms with van der Waals surface area (Å²) in [6, 6.07) is 0. The molecule has 0 aromatic rings. The van der Waals surface area contributed by atoms with Gasteiger partial charge in [-0.1, -0.05) is 70.0 Å². The maximum Gasteiger partial charge on any atom is 0.0141 e. The summed E-state index contributed by atoms with van der Waals surface area (Å²) in [5.74, 6) is 0. The molecule has 0 heterocycles. The number of hydrogen-bond acceptors (Lipinski definition) is 0. The van der Waals surface area contributed by atoms with E-state index in [1.165, 1.54) is 57.8 Å². The van der Waals surface area contributed by atoms with Crippen molar-refractivity contribution in [3.63, 3.8) is 0 Å². The molecule has 0 bridgehead atoms. The van der Waals surface area contributed by atoms with Crippen LogP contribution in [0.3, 0.4) is 0 Å². The first-order chi connectivity index (χ1) is 7.31. The Morgan fingerprint density at radius 1 is 0.867 bits per heavy atom. The van der Waals surface area contributed by atoms with Gasteiger partial charge in [0.05, 0.1) is 0 Å². The Bertz CT molecular complexity index is 149. The maximum absolute atomic E-state index is 6.13. The summed E-state index contributed by atoms with van der Waals surface area (Å²) in [6.45, 7) is 4.49. The van der Waals surface area contributed by atoms with Crippen LogP contribution >= 0.6 is 11.6 Å². The number of hydrogen-bond donors (Lipinski definition) is 0. The fraction of sp³-hybridized carbons (Fsp3) is 0.857. The van der Waals surface area contributed by atoms with Gasteiger partial charge in [-0.3, -0.25) is 0 Å². The molecule has 0 aliphatic rings. The van der Waals surface area contributed by atoms with Crippen LogP contribution in [0.25, 0.3) is 0 Å². The molecule has 0 aliphatic carbocycles. The summed E-state index contributed by atoms with van der Waals surface area (Å²) < 4.78 is 0. The van der Waals surface area contributed by atoms with Crippen LogP contribution in [0.4, 0.5) is 0 Å². The van der Waals surface area contributed by atoms with Gasteiger partial charge in [0.2, 0.25) is 0 Å². The Balaban J connectivity index is 3.27. The second-order valence-corrected chi connectivity index (χ2v) is 4.80. The highest BCUT2D eigenvalue weighted by Gasteiger charge is 1.93. The lowest BCUT2D eigenvalue weighted by atomic mass is 10.1. The van der Waals surface area contributed by atoms with Crippen molar-refractivity contribution in [2.75, 3.05) is 0 Å². The Morgan fingerprint density at radius 2 is 1.47 bits per heavy atom. The van der Waals surface area contributed by atoms with E-state index in [2.05, 4.69) is 19.9 Å². The summed E-state index contributed by atoms with van der Waals surface area (Å²) in [6.07, 6.45) is 15.1. The highest BCUT2D eigenvalue weighted by Crippen LogP contribution is 2.15. The molecule has 0 radical (unpaired) electrons. The monoisotopic (exact) mass is 230 g/mol. The molecule has 0 aromatic heterocycles. The minimum absolute atomic E-state index is 1.09. The fourth-order valence-corrected chi connectivity index (χ4v) is 1.90. The number of unbranched alkanes of at least 4 members (excludes halogenated alkanes) is 7. The van der Waals surface area contributed by atoms with Gasteiger partial charge in [-0.05, 0) is 25.7 Å². The van der Waals surface area contributed by atoms with Gasteiger partial charge < -0.3 is 0 Å². The summed E-state index contributed by atoms with van der Waals surface area (Å²) in [5.41, 5.74) is 0. The van der Waals surface area contributed by atoms with E-state index in [1.54, 1.807) is 0 Å². The van der Waals surface area contributed by atoms with Gasteiger partial charge in [-0.15, -0.1) is 0 Å². The van der Waals surface area contributed by atoms with E-state index < -0.39 is 0 Å². The van der Waals surface area contributed by atoms with Crippen molar-refractivity contribution >= 4 is 11.6 Å². The molecular formula is C14H27Cl. The van der Waals surface area contributed by atoms with Gasteiger partial charge in [0.1, 0.15) is 0 Å². The van der Waals surface area contributed by atoms with Crippen LogP contribution in [0.1, 0.15) is 78.1 Å². The standard InChI is InChI=1S/C14H27Cl/c1-3-5-7-9-11-13-14(15)12-10-8-6-4-2/h13H,3-12H2,1-2H3. The zero-order valence-corrected chi connectivity index (χ0v) is 11.3. The van der Waals surface area contributed by atoms with Crippen molar-refractivity contribution in [2.24, 2.45) is 0 Å². The van der Waals surface area contributed by atoms with Crippen LogP contribution in [-0.4, -0.2) is 0 Å². The molecule has 0 aliphatic heterocycles. The van der Waals surface area contributed by atoms with Crippen LogP contribution in [-0.2, 0) is 0 Å². The van der Waals surface area contributed by atoms with E-state index in [0.717, 1.165) is 11.5 Å². The number of allylic oxidation sites excluding steroid dienone is 2. The molecular weight excluding hydrogens is 204 g/mol. The summed E-state index contributed by atoms with van der Waals surface area (Å²) >= 11 is 6.13. The molecule has 0 unspecified atom stereocenters. The normalized spacial score (nSPS) is 12.1. The first kappa shape index (κ1) is 15.0. The van der Waals surface area contributed by atoms with Crippen LogP contribution in [0.15, 0.2) is 11.1 Å². The molecule has 0 saturated carbocycles. The van der Waals surface area contributed by atoms with Gasteiger partial charge in [-0.25, -0.2) is 0 Å². The second kappa shape index (κ2) is 12.1. The lowest BCUT2D eigenvalue weighted by Crippen LogP contribution is -1.79. The van der Waals surface area contributed by atoms with Crippen LogP contribution < -0.4 is 0 Å². The quantitative estimate of drug-likeness (QED) is 0.401. The molecule has 0 rings (SSSR count). The van der Waals surface area contributed by atoms with Gasteiger partial charge >= 0.3 is 0 Å². The molecule has 0 N–H and O–H groups in total. The number of rotatable bonds is 10. The molecule has 90 valence electrons. The van der Waals surface area contributed by atoms with Crippen molar-refractivity contribution in [2.45, 2.75) is 78.1 Å². The average Bonchev–Trinajstić information content (AvgIpc) is 2.24. The Labute approximate surface area is 101 Å². The van der Waals surface area contributed by atoms with E-state index in [9.17, 15) is 0 Å². The molecule has 0 fully saturated rings. The van der Waals surface area contributed by atoms with Gasteiger partial charge in [-0.2, -0.15) is 0 Å². The second-order valence-electron chi connectivity index (χ2n) is 4.31. The topological polar surface area (TPSA) is 0 Å². The minimum Gasteiger partial charge on any atom is -0.0895 e. The molecule has 1 heteroatoms. The Hall–Kier alpha value is 0.0300. The lowest BCUT2D eigenvalue weighted by Gasteiger charge is -2.00. The zero-order chi connectivity index (χ0) is 11.4. The number of halogens is 1. The molecule has 0 aromatic carbocycles. The van der Waals surface area contributed by atoms with Crippen LogP contribution in [0.5, 0.6) is 0 Å². The van der Waals surface area contributed by atoms with E-state index in [1.807, 2.05) is 0 Å². The molecule has 0 nitrogen and oxygen atoms in total. The molecule has 15 heavy (non-hydrogen) atoms. The predicted octanol–water partition coefficient (Wildman–Crippen LogP) is 6.05. The summed E-state index contributed by atoms with van der Waals surface area (Å²) in [4.78, 5) is 0. The SMILES string of the molecule is CCCCCCC=C(Cl)CCCCCC. The van der Waals surface area contributed by atoms with Crippen molar-refractivity contribution in [1.29, 1.82) is 0 Å². The first-order valence-electron chi connectivity index (χ1n) is 6.65. The van der Waals surface area contributed by atoms with E-state index in [-0.39, 0.29) is 0 Å². The zero-order valence-electron chi connectivity index (χ0n) is 10.5. The largest absolute Gasteiger partial charge is 0.0895 e. The van der Waals surface area contributed by atoms with E-state index in [4.69, 9.17) is 11.6 Å². The highest BCUT2D eigenvalue weighted by atomic mass is 35.5. The Morgan fingerprint density at radius 3 is 2.07 bits per heavy atom. The highest BCUT2D eigenvalue weighted by molar-refractivity contribution is 6.29. The van der Waals surface area contributed by atoms with Crippen molar-refractivity contribution in [3.05, 3.63) is 11.1 Å². The van der Waals surface area contributed by atoms with Crippen LogP contribution in [0.2, 0.25) is 0 Å². The summed E-state index contributed by atoms with van der Waals surface area (Å²) in [5, 5.41) is 1.09. The lowest BCUT2D eigenvalue weighted by molar-refractivity contribution is 0.662. The minimum atomic E-state index is 1.09. The van der Waals surface area contributed by atoms with E-state index in [0.29, 0.717) is 0 Å². The third-order valence-electron chi connectivity index (χ3n) is 2.69. The summed E-state index contributed by atoms with van der Waals surface area (Å²) in [7, 11) is 0. The molecule has 0 amide bonds. The fourth-order valence-electron chi connectivity index (χ4n) is 1.65. The third kappa shape index (κ3) is 12.0. The average molecular weight is 231 g/mol. The maximum atomic E-state index is 6.13. The third-order valence-corrected chi connectivity index (χ3v) is 3.04. The van der Waals surface area contributed by atoms with Gasteiger partial charge in [0, 0.05) is 5.03 Å². The molecule has 0 saturated heterocycles. The van der Waals surface area contributed by atoms with Crippen molar-refractivity contribution < 1.29 is 0 Å². The van der Waals surface area contributed by atoms with Gasteiger partial charge in [0.15, 0.2) is 0 Å². The van der Waals surface area contributed by atoms with Crippen molar-refractivity contribution in [1.82, 2.24) is 0 Å².